The molecule has 0 radical (unpaired) electrons. The molecule has 0 aliphatic carbocycles. The van der Waals surface area contributed by atoms with Crippen LogP contribution in [0.25, 0.3) is 10.8 Å². The molecule has 2 aromatic carbocycles. The Morgan fingerprint density at radius 1 is 1.21 bits per heavy atom. The van der Waals surface area contributed by atoms with Crippen molar-refractivity contribution in [3.8, 4) is 5.75 Å². The molecule has 1 heterocycles. The number of fused-ring (bicyclic) bond motifs is 1. The highest BCUT2D eigenvalue weighted by Crippen LogP contribution is 2.26. The van der Waals surface area contributed by atoms with Crippen LogP contribution < -0.4 is 10.2 Å². The van der Waals surface area contributed by atoms with E-state index in [1.54, 1.807) is 24.5 Å². The van der Waals surface area contributed by atoms with Crippen LogP contribution in [-0.2, 0) is 0 Å². The van der Waals surface area contributed by atoms with Gasteiger partial charge in [0.15, 0.2) is 0 Å². The van der Waals surface area contributed by atoms with Gasteiger partial charge in [0.05, 0.1) is 18.4 Å². The average Bonchev–Trinajstić information content (AvgIpc) is 2.64. The topological polar surface area (TPSA) is 63.6 Å². The van der Waals surface area contributed by atoms with Gasteiger partial charge in [-0.25, -0.2) is 5.43 Å². The fourth-order valence-electron chi connectivity index (χ4n) is 2.41. The van der Waals surface area contributed by atoms with Crippen LogP contribution in [0.5, 0.6) is 5.75 Å². The highest BCUT2D eigenvalue weighted by Gasteiger charge is 2.07. The summed E-state index contributed by atoms with van der Waals surface area (Å²) in [4.78, 5) is 15.9. The standard InChI is InChI=1S/C19H17N3O2/c1-2-24-18-10-9-14-6-3-4-8-16(14)17(18)13-21-22-19(23)15-7-5-11-20-12-15/h3-13H,2H2,1H3,(H,22,23)/b21-13+. The summed E-state index contributed by atoms with van der Waals surface area (Å²) in [5.41, 5.74) is 3.81. The van der Waals surface area contributed by atoms with Crippen LogP contribution >= 0.6 is 0 Å². The van der Waals surface area contributed by atoms with E-state index in [2.05, 4.69) is 15.5 Å². The van der Waals surface area contributed by atoms with Crippen LogP contribution in [0.15, 0.2) is 66.0 Å². The van der Waals surface area contributed by atoms with Crippen LogP contribution in [-0.4, -0.2) is 23.7 Å². The Bertz CT molecular complexity index is 876. The molecule has 5 nitrogen and oxygen atoms in total. The first-order valence-corrected chi connectivity index (χ1v) is 7.67. The largest absolute Gasteiger partial charge is 0.493 e. The maximum atomic E-state index is 12.0. The number of hydrogen-bond acceptors (Lipinski definition) is 4. The molecule has 0 saturated carbocycles. The van der Waals surface area contributed by atoms with Gasteiger partial charge in [0.1, 0.15) is 5.75 Å². The minimum Gasteiger partial charge on any atom is -0.493 e. The second-order valence-corrected chi connectivity index (χ2v) is 5.07. The Kier molecular flexibility index (Phi) is 4.81. The molecule has 0 fully saturated rings. The van der Waals surface area contributed by atoms with Gasteiger partial charge in [-0.1, -0.05) is 30.3 Å². The Hall–Kier alpha value is -3.21. The second kappa shape index (κ2) is 7.37. The number of carbonyl (C=O) groups excluding carboxylic acids is 1. The molecular weight excluding hydrogens is 302 g/mol. The van der Waals surface area contributed by atoms with Crippen molar-refractivity contribution < 1.29 is 9.53 Å². The Morgan fingerprint density at radius 3 is 2.88 bits per heavy atom. The lowest BCUT2D eigenvalue weighted by atomic mass is 10.0. The van der Waals surface area contributed by atoms with Crippen molar-refractivity contribution >= 4 is 22.9 Å². The molecule has 1 amide bonds. The lowest BCUT2D eigenvalue weighted by Crippen LogP contribution is -2.17. The molecule has 1 N–H and O–H groups in total. The van der Waals surface area contributed by atoms with Crippen LogP contribution in [0, 0.1) is 0 Å². The van der Waals surface area contributed by atoms with Gasteiger partial charge in [-0.3, -0.25) is 9.78 Å². The third-order valence-electron chi connectivity index (χ3n) is 3.51. The number of amides is 1. The lowest BCUT2D eigenvalue weighted by Gasteiger charge is -2.10. The summed E-state index contributed by atoms with van der Waals surface area (Å²) in [6.07, 6.45) is 4.72. The number of nitrogens with zero attached hydrogens (tertiary/aromatic N) is 2. The monoisotopic (exact) mass is 319 g/mol. The first kappa shape index (κ1) is 15.7. The molecule has 0 spiro atoms. The van der Waals surface area contributed by atoms with Crippen molar-refractivity contribution in [2.75, 3.05) is 6.61 Å². The summed E-state index contributed by atoms with van der Waals surface area (Å²) in [6.45, 7) is 2.49. The molecule has 1 aromatic heterocycles. The molecule has 3 aromatic rings. The zero-order chi connectivity index (χ0) is 16.8. The SMILES string of the molecule is CCOc1ccc2ccccc2c1/C=N/NC(=O)c1cccnc1. The van der Waals surface area contributed by atoms with E-state index in [4.69, 9.17) is 4.74 Å². The quantitative estimate of drug-likeness (QED) is 0.579. The summed E-state index contributed by atoms with van der Waals surface area (Å²) >= 11 is 0. The maximum absolute atomic E-state index is 12.0. The van der Waals surface area contributed by atoms with Gasteiger partial charge in [0.2, 0.25) is 0 Å². The molecule has 3 rings (SSSR count). The number of aromatic nitrogens is 1. The molecule has 24 heavy (non-hydrogen) atoms. The van der Waals surface area contributed by atoms with Gasteiger partial charge >= 0.3 is 0 Å². The number of hydrogen-bond donors (Lipinski definition) is 1. The van der Waals surface area contributed by atoms with Crippen LogP contribution in [0.3, 0.4) is 0 Å². The van der Waals surface area contributed by atoms with E-state index in [1.807, 2.05) is 43.3 Å². The van der Waals surface area contributed by atoms with Gasteiger partial charge in [-0.15, -0.1) is 0 Å². The Labute approximate surface area is 140 Å². The molecule has 0 saturated heterocycles. The van der Waals surface area contributed by atoms with E-state index in [9.17, 15) is 4.79 Å². The van der Waals surface area contributed by atoms with Gasteiger partial charge in [-0.2, -0.15) is 5.10 Å². The van der Waals surface area contributed by atoms with Crippen molar-refractivity contribution in [2.24, 2.45) is 5.10 Å². The first-order chi connectivity index (χ1) is 11.8. The van der Waals surface area contributed by atoms with Crippen LogP contribution in [0.4, 0.5) is 0 Å². The fourth-order valence-corrected chi connectivity index (χ4v) is 2.41. The van der Waals surface area contributed by atoms with Gasteiger partial charge in [0, 0.05) is 18.0 Å². The summed E-state index contributed by atoms with van der Waals surface area (Å²) in [6, 6.07) is 15.3. The van der Waals surface area contributed by atoms with Crippen molar-refractivity contribution in [2.45, 2.75) is 6.92 Å². The molecule has 0 unspecified atom stereocenters. The van der Waals surface area contributed by atoms with E-state index in [0.29, 0.717) is 12.2 Å². The van der Waals surface area contributed by atoms with E-state index in [-0.39, 0.29) is 5.91 Å². The molecule has 120 valence electrons. The maximum Gasteiger partial charge on any atom is 0.272 e. The zero-order valence-corrected chi connectivity index (χ0v) is 13.3. The lowest BCUT2D eigenvalue weighted by molar-refractivity contribution is 0.0954. The average molecular weight is 319 g/mol. The molecular formula is C19H17N3O2. The highest BCUT2D eigenvalue weighted by atomic mass is 16.5. The molecule has 0 bridgehead atoms. The number of nitrogens with one attached hydrogen (secondary N) is 1. The third kappa shape index (κ3) is 3.41. The zero-order valence-electron chi connectivity index (χ0n) is 13.3. The number of carbonyl (C=O) groups is 1. The summed E-state index contributed by atoms with van der Waals surface area (Å²) in [5, 5.41) is 6.18. The van der Waals surface area contributed by atoms with Gasteiger partial charge in [-0.05, 0) is 35.9 Å². The normalized spacial score (nSPS) is 10.9. The molecule has 0 aliphatic rings. The summed E-state index contributed by atoms with van der Waals surface area (Å²) in [7, 11) is 0. The van der Waals surface area contributed by atoms with Crippen LogP contribution in [0.1, 0.15) is 22.8 Å². The van der Waals surface area contributed by atoms with E-state index >= 15 is 0 Å². The summed E-state index contributed by atoms with van der Waals surface area (Å²) in [5.74, 6) is 0.424. The predicted molar refractivity (Wildman–Crippen MR) is 94.4 cm³/mol. The van der Waals surface area contributed by atoms with Crippen molar-refractivity contribution in [3.63, 3.8) is 0 Å². The number of ether oxygens (including phenoxy) is 1. The number of rotatable bonds is 5. The van der Waals surface area contributed by atoms with Crippen molar-refractivity contribution in [1.82, 2.24) is 10.4 Å². The van der Waals surface area contributed by atoms with E-state index in [1.165, 1.54) is 6.20 Å². The minimum atomic E-state index is -0.308. The Morgan fingerprint density at radius 2 is 2.08 bits per heavy atom. The molecule has 0 aliphatic heterocycles. The minimum absolute atomic E-state index is 0.308. The molecule has 5 heteroatoms. The summed E-state index contributed by atoms with van der Waals surface area (Å²) < 4.78 is 5.67. The predicted octanol–water partition coefficient (Wildman–Crippen LogP) is 3.40. The fraction of sp³-hybridized carbons (Fsp3) is 0.105. The second-order valence-electron chi connectivity index (χ2n) is 5.07. The first-order valence-electron chi connectivity index (χ1n) is 7.67. The van der Waals surface area contributed by atoms with Gasteiger partial charge < -0.3 is 4.74 Å². The Balaban J connectivity index is 1.88. The number of benzene rings is 2. The highest BCUT2D eigenvalue weighted by molar-refractivity contribution is 6.03. The third-order valence-corrected chi connectivity index (χ3v) is 3.51. The van der Waals surface area contributed by atoms with E-state index in [0.717, 1.165) is 22.1 Å². The van der Waals surface area contributed by atoms with E-state index < -0.39 is 0 Å². The molecule has 0 atom stereocenters. The van der Waals surface area contributed by atoms with Crippen molar-refractivity contribution in [1.29, 1.82) is 0 Å². The number of hydrazone groups is 1. The van der Waals surface area contributed by atoms with Crippen molar-refractivity contribution in [3.05, 3.63) is 72.1 Å². The number of pyridine rings is 1. The smallest absolute Gasteiger partial charge is 0.272 e. The van der Waals surface area contributed by atoms with Gasteiger partial charge in [0.25, 0.3) is 5.91 Å². The van der Waals surface area contributed by atoms with Crippen LogP contribution in [0.2, 0.25) is 0 Å².